The van der Waals surface area contributed by atoms with Gasteiger partial charge in [-0.2, -0.15) is 0 Å². The van der Waals surface area contributed by atoms with E-state index in [0.717, 1.165) is 37.4 Å². The van der Waals surface area contributed by atoms with Crippen LogP contribution < -0.4 is 11.1 Å². The van der Waals surface area contributed by atoms with Crippen molar-refractivity contribution < 1.29 is 0 Å². The highest BCUT2D eigenvalue weighted by Crippen LogP contribution is 2.23. The Hall–Kier alpha value is -0.120. The lowest BCUT2D eigenvalue weighted by atomic mass is 9.83. The van der Waals surface area contributed by atoms with E-state index >= 15 is 0 Å². The van der Waals surface area contributed by atoms with E-state index in [1.165, 1.54) is 19.4 Å². The average molecular weight is 255 g/mol. The van der Waals surface area contributed by atoms with E-state index in [-0.39, 0.29) is 5.54 Å². The van der Waals surface area contributed by atoms with Gasteiger partial charge in [0, 0.05) is 18.6 Å². The van der Waals surface area contributed by atoms with E-state index in [4.69, 9.17) is 5.73 Å². The molecule has 0 saturated carbocycles. The standard InChI is InChI=1S/C15H33N3/c1-12(2)14(13(3)4)9-17-15(10-16)7-6-8-18(5)11-15/h12-14,17H,6-11,16H2,1-5H3. The third-order valence-corrected chi connectivity index (χ3v) is 4.58. The Balaban J connectivity index is 2.57. The van der Waals surface area contributed by atoms with Crippen molar-refractivity contribution in [1.29, 1.82) is 0 Å². The van der Waals surface area contributed by atoms with Gasteiger partial charge in [-0.15, -0.1) is 0 Å². The summed E-state index contributed by atoms with van der Waals surface area (Å²) in [6, 6.07) is 0. The maximum Gasteiger partial charge on any atom is 0.0433 e. The van der Waals surface area contributed by atoms with Crippen LogP contribution in [-0.4, -0.2) is 43.7 Å². The number of hydrogen-bond acceptors (Lipinski definition) is 3. The Morgan fingerprint density at radius 1 is 1.22 bits per heavy atom. The van der Waals surface area contributed by atoms with Crippen LogP contribution in [0.4, 0.5) is 0 Å². The van der Waals surface area contributed by atoms with Crippen molar-refractivity contribution in [2.45, 2.75) is 46.1 Å². The number of hydrogen-bond donors (Lipinski definition) is 2. The third-order valence-electron chi connectivity index (χ3n) is 4.58. The zero-order valence-corrected chi connectivity index (χ0v) is 13.0. The molecule has 18 heavy (non-hydrogen) atoms. The van der Waals surface area contributed by atoms with Gasteiger partial charge < -0.3 is 16.0 Å². The van der Waals surface area contributed by atoms with Crippen LogP contribution in [0.25, 0.3) is 0 Å². The summed E-state index contributed by atoms with van der Waals surface area (Å²) in [5, 5.41) is 3.81. The highest BCUT2D eigenvalue weighted by molar-refractivity contribution is 4.95. The maximum absolute atomic E-state index is 6.05. The molecule has 1 heterocycles. The molecule has 0 spiro atoms. The first-order valence-electron chi connectivity index (χ1n) is 7.54. The van der Waals surface area contributed by atoms with Crippen molar-refractivity contribution in [3.8, 4) is 0 Å². The lowest BCUT2D eigenvalue weighted by Gasteiger charge is -2.43. The van der Waals surface area contributed by atoms with E-state index < -0.39 is 0 Å². The van der Waals surface area contributed by atoms with E-state index in [2.05, 4.69) is 45.0 Å². The third kappa shape index (κ3) is 4.22. The average Bonchev–Trinajstić information content (AvgIpc) is 2.28. The molecule has 1 atom stereocenters. The molecule has 3 nitrogen and oxygen atoms in total. The van der Waals surface area contributed by atoms with Crippen LogP contribution in [0.2, 0.25) is 0 Å². The zero-order chi connectivity index (χ0) is 13.8. The van der Waals surface area contributed by atoms with Gasteiger partial charge >= 0.3 is 0 Å². The van der Waals surface area contributed by atoms with Gasteiger partial charge in [0.1, 0.15) is 0 Å². The molecule has 0 aromatic carbocycles. The first-order valence-corrected chi connectivity index (χ1v) is 7.54. The first-order chi connectivity index (χ1) is 8.40. The summed E-state index contributed by atoms with van der Waals surface area (Å²) >= 11 is 0. The number of nitrogens with two attached hydrogens (primary N) is 1. The molecule has 0 radical (unpaired) electrons. The van der Waals surface area contributed by atoms with Gasteiger partial charge in [0.25, 0.3) is 0 Å². The highest BCUT2D eigenvalue weighted by atomic mass is 15.2. The molecule has 1 saturated heterocycles. The van der Waals surface area contributed by atoms with Crippen LogP contribution >= 0.6 is 0 Å². The molecule has 0 aromatic rings. The van der Waals surface area contributed by atoms with E-state index in [1.807, 2.05) is 0 Å². The summed E-state index contributed by atoms with van der Waals surface area (Å²) in [7, 11) is 2.20. The monoisotopic (exact) mass is 255 g/mol. The molecule has 0 aromatic heterocycles. The summed E-state index contributed by atoms with van der Waals surface area (Å²) in [5.41, 5.74) is 6.20. The minimum atomic E-state index is 0.148. The minimum Gasteiger partial charge on any atom is -0.329 e. The SMILES string of the molecule is CC(C)C(CNC1(CN)CCCN(C)C1)C(C)C. The lowest BCUT2D eigenvalue weighted by Crippen LogP contribution is -2.61. The van der Waals surface area contributed by atoms with Gasteiger partial charge in [-0.05, 0) is 50.7 Å². The van der Waals surface area contributed by atoms with Crippen LogP contribution in [-0.2, 0) is 0 Å². The Morgan fingerprint density at radius 3 is 2.28 bits per heavy atom. The molecular formula is C15H33N3. The predicted octanol–water partition coefficient (Wildman–Crippen LogP) is 1.93. The van der Waals surface area contributed by atoms with Crippen molar-refractivity contribution >= 4 is 0 Å². The fourth-order valence-corrected chi connectivity index (χ4v) is 3.32. The first kappa shape index (κ1) is 15.9. The maximum atomic E-state index is 6.05. The van der Waals surface area contributed by atoms with Gasteiger partial charge in [0.15, 0.2) is 0 Å². The van der Waals surface area contributed by atoms with Crippen molar-refractivity contribution in [2.24, 2.45) is 23.5 Å². The van der Waals surface area contributed by atoms with Gasteiger partial charge in [-0.1, -0.05) is 27.7 Å². The van der Waals surface area contributed by atoms with E-state index in [0.29, 0.717) is 0 Å². The van der Waals surface area contributed by atoms with Crippen molar-refractivity contribution in [2.75, 3.05) is 33.2 Å². The van der Waals surface area contributed by atoms with Crippen molar-refractivity contribution in [1.82, 2.24) is 10.2 Å². The van der Waals surface area contributed by atoms with Crippen molar-refractivity contribution in [3.05, 3.63) is 0 Å². The van der Waals surface area contributed by atoms with Crippen LogP contribution in [0.5, 0.6) is 0 Å². The zero-order valence-electron chi connectivity index (χ0n) is 13.0. The molecule has 1 unspecified atom stereocenters. The molecule has 0 amide bonds. The molecule has 0 aliphatic carbocycles. The number of nitrogens with one attached hydrogen (secondary N) is 1. The summed E-state index contributed by atoms with van der Waals surface area (Å²) in [6.45, 7) is 13.5. The number of likely N-dealkylation sites (N-methyl/N-ethyl adjacent to an activating group) is 1. The Kier molecular flexibility index (Phi) is 6.09. The van der Waals surface area contributed by atoms with Crippen LogP contribution in [0.1, 0.15) is 40.5 Å². The van der Waals surface area contributed by atoms with E-state index in [9.17, 15) is 0 Å². The second-order valence-electron chi connectivity index (χ2n) is 6.86. The molecule has 3 N–H and O–H groups in total. The smallest absolute Gasteiger partial charge is 0.0433 e. The Labute approximate surface area is 113 Å². The lowest BCUT2D eigenvalue weighted by molar-refractivity contribution is 0.134. The van der Waals surface area contributed by atoms with Crippen LogP contribution in [0.15, 0.2) is 0 Å². The molecule has 1 aliphatic heterocycles. The molecule has 0 bridgehead atoms. The number of likely N-dealkylation sites (tertiary alicyclic amines) is 1. The fraction of sp³-hybridized carbons (Fsp3) is 1.00. The summed E-state index contributed by atoms with van der Waals surface area (Å²) in [6.07, 6.45) is 2.48. The second-order valence-corrected chi connectivity index (χ2v) is 6.86. The van der Waals surface area contributed by atoms with E-state index in [1.54, 1.807) is 0 Å². The molecular weight excluding hydrogens is 222 g/mol. The molecule has 1 fully saturated rings. The quantitative estimate of drug-likeness (QED) is 0.762. The molecule has 108 valence electrons. The Morgan fingerprint density at radius 2 is 1.83 bits per heavy atom. The summed E-state index contributed by atoms with van der Waals surface area (Å²) in [5.74, 6) is 2.20. The fourth-order valence-electron chi connectivity index (χ4n) is 3.32. The summed E-state index contributed by atoms with van der Waals surface area (Å²) in [4.78, 5) is 2.41. The van der Waals surface area contributed by atoms with Gasteiger partial charge in [-0.25, -0.2) is 0 Å². The molecule has 1 aliphatic rings. The van der Waals surface area contributed by atoms with Gasteiger partial charge in [0.2, 0.25) is 0 Å². The largest absolute Gasteiger partial charge is 0.329 e. The van der Waals surface area contributed by atoms with Gasteiger partial charge in [0.05, 0.1) is 0 Å². The van der Waals surface area contributed by atoms with Crippen LogP contribution in [0, 0.1) is 17.8 Å². The topological polar surface area (TPSA) is 41.3 Å². The Bertz CT molecular complexity index is 232. The normalized spacial score (nSPS) is 26.5. The highest BCUT2D eigenvalue weighted by Gasteiger charge is 2.33. The molecule has 3 heteroatoms. The second kappa shape index (κ2) is 6.88. The minimum absolute atomic E-state index is 0.148. The predicted molar refractivity (Wildman–Crippen MR) is 79.7 cm³/mol. The number of nitrogens with zero attached hydrogens (tertiary/aromatic N) is 1. The number of rotatable bonds is 6. The van der Waals surface area contributed by atoms with Crippen LogP contribution in [0.3, 0.4) is 0 Å². The molecule has 1 rings (SSSR count). The summed E-state index contributed by atoms with van der Waals surface area (Å²) < 4.78 is 0. The van der Waals surface area contributed by atoms with Crippen molar-refractivity contribution in [3.63, 3.8) is 0 Å². The number of piperidine rings is 1. The van der Waals surface area contributed by atoms with Gasteiger partial charge in [-0.3, -0.25) is 0 Å².